The number of furan rings is 1. The monoisotopic (exact) mass is 152 g/mol. The minimum atomic E-state index is -0.716. The summed E-state index contributed by atoms with van der Waals surface area (Å²) in [4.78, 5) is 10.4. The second-order valence-corrected chi connectivity index (χ2v) is 2.80. The lowest BCUT2D eigenvalue weighted by Gasteiger charge is -1.88. The fraction of sp³-hybridized carbons (Fsp3) is 0.375. The first kappa shape index (κ1) is 6.46. The zero-order chi connectivity index (χ0) is 7.84. The number of carbonyl (C=O) groups is 1. The molecule has 1 aliphatic rings. The topological polar surface area (TPSA) is 50.4 Å². The molecule has 2 atom stereocenters. The molecule has 1 aromatic rings. The van der Waals surface area contributed by atoms with Gasteiger partial charge in [0.05, 0.1) is 12.2 Å². The molecule has 1 aromatic heterocycles. The van der Waals surface area contributed by atoms with Crippen molar-refractivity contribution in [1.82, 2.24) is 0 Å². The number of rotatable bonds is 2. The van der Waals surface area contributed by atoms with Gasteiger partial charge in [0.2, 0.25) is 0 Å². The number of hydrogen-bond donors (Lipinski definition) is 1. The van der Waals surface area contributed by atoms with Crippen molar-refractivity contribution < 1.29 is 14.3 Å². The maximum Gasteiger partial charge on any atom is 0.307 e. The fourth-order valence-corrected chi connectivity index (χ4v) is 1.28. The van der Waals surface area contributed by atoms with Crippen LogP contribution in [0.3, 0.4) is 0 Å². The molecule has 0 aromatic carbocycles. The molecule has 0 radical (unpaired) electrons. The Kier molecular flexibility index (Phi) is 1.24. The number of aliphatic carboxylic acids is 1. The lowest BCUT2D eigenvalue weighted by Crippen LogP contribution is -1.98. The molecule has 1 heterocycles. The third kappa shape index (κ3) is 1.02. The summed E-state index contributed by atoms with van der Waals surface area (Å²) in [5, 5.41) is 8.58. The Labute approximate surface area is 63.6 Å². The van der Waals surface area contributed by atoms with Crippen LogP contribution in [-0.4, -0.2) is 11.1 Å². The van der Waals surface area contributed by atoms with Gasteiger partial charge in [-0.2, -0.15) is 0 Å². The van der Waals surface area contributed by atoms with Gasteiger partial charge in [0.15, 0.2) is 0 Å². The molecule has 1 fully saturated rings. The van der Waals surface area contributed by atoms with Crippen molar-refractivity contribution in [1.29, 1.82) is 0 Å². The van der Waals surface area contributed by atoms with Crippen molar-refractivity contribution in [3.63, 3.8) is 0 Å². The molecule has 1 N–H and O–H groups in total. The van der Waals surface area contributed by atoms with E-state index in [4.69, 9.17) is 9.52 Å². The van der Waals surface area contributed by atoms with E-state index in [2.05, 4.69) is 0 Å². The molecule has 3 heteroatoms. The van der Waals surface area contributed by atoms with Crippen molar-refractivity contribution >= 4 is 5.97 Å². The molecule has 0 amide bonds. The van der Waals surface area contributed by atoms with Crippen LogP contribution in [-0.2, 0) is 4.79 Å². The summed E-state index contributed by atoms with van der Waals surface area (Å²) < 4.78 is 5.07. The smallest absolute Gasteiger partial charge is 0.307 e. The van der Waals surface area contributed by atoms with E-state index in [1.54, 1.807) is 12.3 Å². The standard InChI is InChI=1S/C8H8O3/c9-8(10)6-4-5(6)7-2-1-3-11-7/h1-3,5-6H,4H2,(H,9,10)/t5-,6+/m1/s1. The summed E-state index contributed by atoms with van der Waals surface area (Å²) in [6.07, 6.45) is 2.30. The zero-order valence-corrected chi connectivity index (χ0v) is 5.86. The second kappa shape index (κ2) is 2.12. The molecule has 0 aliphatic heterocycles. The Morgan fingerprint density at radius 2 is 2.55 bits per heavy atom. The van der Waals surface area contributed by atoms with Crippen molar-refractivity contribution in [2.45, 2.75) is 12.3 Å². The first-order valence-corrected chi connectivity index (χ1v) is 3.55. The second-order valence-electron chi connectivity index (χ2n) is 2.80. The molecule has 1 saturated carbocycles. The molecule has 0 saturated heterocycles. The van der Waals surface area contributed by atoms with Crippen molar-refractivity contribution in [3.05, 3.63) is 24.2 Å². The van der Waals surface area contributed by atoms with Gasteiger partial charge in [0.1, 0.15) is 5.76 Å². The van der Waals surface area contributed by atoms with E-state index in [1.165, 1.54) is 0 Å². The first-order chi connectivity index (χ1) is 5.29. The minimum absolute atomic E-state index is 0.127. The molecular weight excluding hydrogens is 144 g/mol. The van der Waals surface area contributed by atoms with E-state index in [0.717, 1.165) is 12.2 Å². The van der Waals surface area contributed by atoms with Gasteiger partial charge in [0, 0.05) is 5.92 Å². The van der Waals surface area contributed by atoms with E-state index in [9.17, 15) is 4.79 Å². The third-order valence-electron chi connectivity index (χ3n) is 2.02. The molecule has 0 unspecified atom stereocenters. The highest BCUT2D eigenvalue weighted by molar-refractivity contribution is 5.74. The summed E-state index contributed by atoms with van der Waals surface area (Å²) in [7, 11) is 0. The summed E-state index contributed by atoms with van der Waals surface area (Å²) in [5.74, 6) is 0.00690. The summed E-state index contributed by atoms with van der Waals surface area (Å²) in [6, 6.07) is 3.61. The zero-order valence-electron chi connectivity index (χ0n) is 5.86. The lowest BCUT2D eigenvalue weighted by molar-refractivity contribution is -0.138. The Hall–Kier alpha value is -1.25. The Balaban J connectivity index is 2.08. The maximum atomic E-state index is 10.4. The van der Waals surface area contributed by atoms with Crippen LogP contribution in [0.25, 0.3) is 0 Å². The van der Waals surface area contributed by atoms with Crippen LogP contribution in [0.15, 0.2) is 22.8 Å². The predicted molar refractivity (Wildman–Crippen MR) is 37.2 cm³/mol. The average Bonchev–Trinajstić information content (AvgIpc) is 2.60. The predicted octanol–water partition coefficient (Wildman–Crippen LogP) is 1.47. The highest BCUT2D eigenvalue weighted by atomic mass is 16.4. The normalized spacial score (nSPS) is 28.4. The van der Waals surface area contributed by atoms with E-state index in [-0.39, 0.29) is 11.8 Å². The SMILES string of the molecule is O=C(O)[C@H]1C[C@H]1c1ccco1. The number of hydrogen-bond acceptors (Lipinski definition) is 2. The average molecular weight is 152 g/mol. The molecule has 11 heavy (non-hydrogen) atoms. The van der Waals surface area contributed by atoms with E-state index >= 15 is 0 Å². The van der Waals surface area contributed by atoms with Gasteiger partial charge in [-0.05, 0) is 18.6 Å². The lowest BCUT2D eigenvalue weighted by atomic mass is 10.2. The molecular formula is C8H8O3. The molecule has 0 spiro atoms. The van der Waals surface area contributed by atoms with Crippen molar-refractivity contribution in [2.75, 3.05) is 0 Å². The van der Waals surface area contributed by atoms with E-state index in [1.807, 2.05) is 6.07 Å². The van der Waals surface area contributed by atoms with Crippen LogP contribution >= 0.6 is 0 Å². The Morgan fingerprint density at radius 3 is 3.00 bits per heavy atom. The van der Waals surface area contributed by atoms with Gasteiger partial charge >= 0.3 is 5.97 Å². The number of carboxylic acid groups (broad SMARTS) is 1. The molecule has 0 bridgehead atoms. The summed E-state index contributed by atoms with van der Waals surface area (Å²) in [6.45, 7) is 0. The largest absolute Gasteiger partial charge is 0.481 e. The van der Waals surface area contributed by atoms with Gasteiger partial charge in [-0.1, -0.05) is 0 Å². The first-order valence-electron chi connectivity index (χ1n) is 3.55. The van der Waals surface area contributed by atoms with Gasteiger partial charge in [-0.25, -0.2) is 0 Å². The molecule has 1 aliphatic carbocycles. The van der Waals surface area contributed by atoms with Gasteiger partial charge in [-0.3, -0.25) is 4.79 Å². The van der Waals surface area contributed by atoms with Gasteiger partial charge < -0.3 is 9.52 Å². The van der Waals surface area contributed by atoms with Crippen LogP contribution < -0.4 is 0 Å². The van der Waals surface area contributed by atoms with E-state index < -0.39 is 5.97 Å². The summed E-state index contributed by atoms with van der Waals surface area (Å²) in [5.41, 5.74) is 0. The van der Waals surface area contributed by atoms with Crippen LogP contribution in [0.2, 0.25) is 0 Å². The molecule has 58 valence electrons. The number of carboxylic acids is 1. The quantitative estimate of drug-likeness (QED) is 0.698. The van der Waals surface area contributed by atoms with Crippen LogP contribution in [0.4, 0.5) is 0 Å². The fourth-order valence-electron chi connectivity index (χ4n) is 1.28. The van der Waals surface area contributed by atoms with Gasteiger partial charge in [-0.15, -0.1) is 0 Å². The third-order valence-corrected chi connectivity index (χ3v) is 2.02. The minimum Gasteiger partial charge on any atom is -0.481 e. The van der Waals surface area contributed by atoms with Gasteiger partial charge in [0.25, 0.3) is 0 Å². The van der Waals surface area contributed by atoms with Crippen LogP contribution in [0.5, 0.6) is 0 Å². The van der Waals surface area contributed by atoms with Crippen molar-refractivity contribution in [2.24, 2.45) is 5.92 Å². The van der Waals surface area contributed by atoms with Crippen LogP contribution in [0.1, 0.15) is 18.1 Å². The maximum absolute atomic E-state index is 10.4. The molecule has 3 nitrogen and oxygen atoms in total. The molecule has 2 rings (SSSR count). The highest BCUT2D eigenvalue weighted by Gasteiger charge is 2.45. The Bertz CT molecular complexity index is 263. The van der Waals surface area contributed by atoms with E-state index in [0.29, 0.717) is 0 Å². The Morgan fingerprint density at radius 1 is 1.73 bits per heavy atom. The summed E-state index contributed by atoms with van der Waals surface area (Å²) >= 11 is 0. The van der Waals surface area contributed by atoms with Crippen molar-refractivity contribution in [3.8, 4) is 0 Å². The highest BCUT2D eigenvalue weighted by Crippen LogP contribution is 2.47. The van der Waals surface area contributed by atoms with Crippen LogP contribution in [0, 0.1) is 5.92 Å².